The van der Waals surface area contributed by atoms with Crippen molar-refractivity contribution in [3.63, 3.8) is 0 Å². The number of aromatic nitrogens is 1. The van der Waals surface area contributed by atoms with Crippen molar-refractivity contribution in [2.45, 2.75) is 6.61 Å². The first-order valence-corrected chi connectivity index (χ1v) is 4.05. The minimum Gasteiger partial charge on any atom is -0.433 e. The SMILES string of the molecule is FC(F)Oc1cnc2ccccc2c1. The van der Waals surface area contributed by atoms with Crippen molar-refractivity contribution >= 4 is 10.9 Å². The van der Waals surface area contributed by atoms with Gasteiger partial charge in [-0.15, -0.1) is 0 Å². The molecule has 0 unspecified atom stereocenters. The third kappa shape index (κ3) is 1.79. The Morgan fingerprint density at radius 2 is 2.00 bits per heavy atom. The molecule has 1 aromatic heterocycles. The van der Waals surface area contributed by atoms with E-state index in [9.17, 15) is 8.78 Å². The van der Waals surface area contributed by atoms with Crippen LogP contribution in [0.25, 0.3) is 10.9 Å². The summed E-state index contributed by atoms with van der Waals surface area (Å²) in [5, 5.41) is 0.783. The topological polar surface area (TPSA) is 22.1 Å². The molecule has 2 rings (SSSR count). The van der Waals surface area contributed by atoms with Crippen LogP contribution in [0.1, 0.15) is 0 Å². The van der Waals surface area contributed by atoms with Gasteiger partial charge in [-0.3, -0.25) is 4.98 Å². The summed E-state index contributed by atoms with van der Waals surface area (Å²) in [5.74, 6) is 0.0821. The molecule has 0 spiro atoms. The molecule has 72 valence electrons. The quantitative estimate of drug-likeness (QED) is 0.735. The summed E-state index contributed by atoms with van der Waals surface area (Å²) in [4.78, 5) is 3.98. The number of pyridine rings is 1. The molecule has 14 heavy (non-hydrogen) atoms. The highest BCUT2D eigenvalue weighted by Crippen LogP contribution is 2.19. The van der Waals surface area contributed by atoms with Crippen LogP contribution in [-0.2, 0) is 0 Å². The summed E-state index contributed by atoms with van der Waals surface area (Å²) in [6.07, 6.45) is 1.29. The van der Waals surface area contributed by atoms with Gasteiger partial charge in [0, 0.05) is 5.39 Å². The molecule has 0 fully saturated rings. The fraction of sp³-hybridized carbons (Fsp3) is 0.100. The van der Waals surface area contributed by atoms with Crippen LogP contribution < -0.4 is 4.74 Å². The number of alkyl halides is 2. The molecule has 0 aliphatic rings. The zero-order chi connectivity index (χ0) is 9.97. The lowest BCUT2D eigenvalue weighted by Crippen LogP contribution is -2.01. The third-order valence-electron chi connectivity index (χ3n) is 1.79. The Morgan fingerprint density at radius 1 is 1.21 bits per heavy atom. The molecule has 1 aromatic carbocycles. The summed E-state index contributed by atoms with van der Waals surface area (Å²) in [5.41, 5.74) is 0.758. The predicted octanol–water partition coefficient (Wildman–Crippen LogP) is 2.84. The molecule has 0 bridgehead atoms. The number of para-hydroxylation sites is 1. The second-order valence-corrected chi connectivity index (χ2v) is 2.74. The van der Waals surface area contributed by atoms with Gasteiger partial charge in [0.2, 0.25) is 0 Å². The van der Waals surface area contributed by atoms with E-state index >= 15 is 0 Å². The van der Waals surface area contributed by atoms with Gasteiger partial charge in [0.1, 0.15) is 5.75 Å². The molecular weight excluding hydrogens is 188 g/mol. The summed E-state index contributed by atoms with van der Waals surface area (Å²) in [6.45, 7) is -2.81. The van der Waals surface area contributed by atoms with Gasteiger partial charge >= 0.3 is 6.61 Å². The van der Waals surface area contributed by atoms with Gasteiger partial charge < -0.3 is 4.74 Å². The molecule has 0 aliphatic heterocycles. The van der Waals surface area contributed by atoms with Gasteiger partial charge in [-0.05, 0) is 12.1 Å². The van der Waals surface area contributed by atoms with E-state index in [1.807, 2.05) is 18.2 Å². The first-order chi connectivity index (χ1) is 6.75. The maximum atomic E-state index is 11.9. The van der Waals surface area contributed by atoms with Crippen molar-refractivity contribution in [2.75, 3.05) is 0 Å². The van der Waals surface area contributed by atoms with Crippen LogP contribution in [0, 0.1) is 0 Å². The average Bonchev–Trinajstić information content (AvgIpc) is 2.17. The van der Waals surface area contributed by atoms with Crippen molar-refractivity contribution in [3.05, 3.63) is 36.5 Å². The van der Waals surface area contributed by atoms with E-state index in [4.69, 9.17) is 0 Å². The van der Waals surface area contributed by atoms with Crippen LogP contribution in [0.3, 0.4) is 0 Å². The molecule has 0 N–H and O–H groups in total. The lowest BCUT2D eigenvalue weighted by atomic mass is 10.2. The zero-order valence-electron chi connectivity index (χ0n) is 7.15. The molecular formula is C10H7F2NO. The molecule has 0 saturated heterocycles. The molecule has 0 aliphatic carbocycles. The first-order valence-electron chi connectivity index (χ1n) is 4.05. The maximum Gasteiger partial charge on any atom is 0.387 e. The third-order valence-corrected chi connectivity index (χ3v) is 1.79. The summed E-state index contributed by atoms with van der Waals surface area (Å²) < 4.78 is 28.0. The number of hydrogen-bond donors (Lipinski definition) is 0. The highest BCUT2D eigenvalue weighted by Gasteiger charge is 2.04. The van der Waals surface area contributed by atoms with Gasteiger partial charge in [-0.2, -0.15) is 8.78 Å². The smallest absolute Gasteiger partial charge is 0.387 e. The van der Waals surface area contributed by atoms with E-state index in [1.165, 1.54) is 12.3 Å². The van der Waals surface area contributed by atoms with Gasteiger partial charge in [0.05, 0.1) is 11.7 Å². The van der Waals surface area contributed by atoms with Crippen molar-refractivity contribution in [3.8, 4) is 5.75 Å². The van der Waals surface area contributed by atoms with Crippen molar-refractivity contribution in [1.29, 1.82) is 0 Å². The minimum absolute atomic E-state index is 0.0821. The monoisotopic (exact) mass is 195 g/mol. The number of hydrogen-bond acceptors (Lipinski definition) is 2. The van der Waals surface area contributed by atoms with E-state index in [1.54, 1.807) is 6.07 Å². The number of fused-ring (bicyclic) bond motifs is 1. The zero-order valence-corrected chi connectivity index (χ0v) is 7.15. The lowest BCUT2D eigenvalue weighted by Gasteiger charge is -2.04. The number of ether oxygens (including phenoxy) is 1. The van der Waals surface area contributed by atoms with Crippen molar-refractivity contribution in [2.24, 2.45) is 0 Å². The van der Waals surface area contributed by atoms with E-state index in [-0.39, 0.29) is 5.75 Å². The van der Waals surface area contributed by atoms with Gasteiger partial charge in [0.25, 0.3) is 0 Å². The van der Waals surface area contributed by atoms with E-state index < -0.39 is 6.61 Å². The molecule has 0 saturated carbocycles. The lowest BCUT2D eigenvalue weighted by molar-refractivity contribution is -0.0499. The van der Waals surface area contributed by atoms with Crippen LogP contribution in [0.5, 0.6) is 5.75 Å². The number of benzene rings is 1. The standard InChI is InChI=1S/C10H7F2NO/c11-10(12)14-8-5-7-3-1-2-4-9(7)13-6-8/h1-6,10H. The Morgan fingerprint density at radius 3 is 2.79 bits per heavy atom. The maximum absolute atomic E-state index is 11.9. The highest BCUT2D eigenvalue weighted by atomic mass is 19.3. The van der Waals surface area contributed by atoms with Crippen LogP contribution in [0.4, 0.5) is 8.78 Å². The Kier molecular flexibility index (Phi) is 2.26. The van der Waals surface area contributed by atoms with Crippen LogP contribution in [0.15, 0.2) is 36.5 Å². The Labute approximate surface area is 79.1 Å². The predicted molar refractivity (Wildman–Crippen MR) is 48.4 cm³/mol. The Balaban J connectivity index is 2.41. The fourth-order valence-electron chi connectivity index (χ4n) is 1.22. The summed E-state index contributed by atoms with van der Waals surface area (Å²) in [6, 6.07) is 8.79. The molecule has 0 amide bonds. The van der Waals surface area contributed by atoms with E-state index in [0.29, 0.717) is 0 Å². The summed E-state index contributed by atoms with van der Waals surface area (Å²) in [7, 11) is 0. The highest BCUT2D eigenvalue weighted by molar-refractivity contribution is 5.79. The fourth-order valence-corrected chi connectivity index (χ4v) is 1.22. The average molecular weight is 195 g/mol. The number of rotatable bonds is 2. The number of nitrogens with zero attached hydrogens (tertiary/aromatic N) is 1. The Bertz CT molecular complexity index is 445. The van der Waals surface area contributed by atoms with Crippen LogP contribution in [-0.4, -0.2) is 11.6 Å². The molecule has 4 heteroatoms. The Hall–Kier alpha value is -1.71. The normalized spacial score (nSPS) is 10.8. The first kappa shape index (κ1) is 8.87. The molecule has 2 nitrogen and oxygen atoms in total. The summed E-state index contributed by atoms with van der Waals surface area (Å²) >= 11 is 0. The second-order valence-electron chi connectivity index (χ2n) is 2.74. The molecule has 0 atom stereocenters. The second kappa shape index (κ2) is 3.57. The molecule has 1 heterocycles. The molecule has 2 aromatic rings. The molecule has 0 radical (unpaired) electrons. The van der Waals surface area contributed by atoms with E-state index in [0.717, 1.165) is 10.9 Å². The number of halogens is 2. The van der Waals surface area contributed by atoms with Crippen molar-refractivity contribution < 1.29 is 13.5 Å². The largest absolute Gasteiger partial charge is 0.433 e. The van der Waals surface area contributed by atoms with Gasteiger partial charge in [0.15, 0.2) is 0 Å². The van der Waals surface area contributed by atoms with E-state index in [2.05, 4.69) is 9.72 Å². The van der Waals surface area contributed by atoms with Crippen LogP contribution >= 0.6 is 0 Å². The minimum atomic E-state index is -2.81. The van der Waals surface area contributed by atoms with Gasteiger partial charge in [-0.25, -0.2) is 0 Å². The van der Waals surface area contributed by atoms with Crippen LogP contribution in [0.2, 0.25) is 0 Å². The van der Waals surface area contributed by atoms with Crippen molar-refractivity contribution in [1.82, 2.24) is 4.98 Å². The van der Waals surface area contributed by atoms with Gasteiger partial charge in [-0.1, -0.05) is 18.2 Å².